The Balaban J connectivity index is 1.82. The summed E-state index contributed by atoms with van der Waals surface area (Å²) in [5.41, 5.74) is 2.22. The molecule has 2 rings (SSSR count). The SMILES string of the molecule is CCCCCCN1C=CC(=CC=C2C=CC(=O)C=C2)C=C1. The number of unbranched alkanes of at least 4 members (excludes halogenated alkanes) is 3. The van der Waals surface area contributed by atoms with E-state index in [1.165, 1.54) is 31.3 Å². The zero-order valence-electron chi connectivity index (χ0n) is 12.7. The van der Waals surface area contributed by atoms with Crippen molar-refractivity contribution < 1.29 is 4.79 Å². The summed E-state index contributed by atoms with van der Waals surface area (Å²) in [6.07, 6.45) is 24.6. The van der Waals surface area contributed by atoms with Crippen molar-refractivity contribution in [2.24, 2.45) is 0 Å². The Morgan fingerprint density at radius 3 is 2.10 bits per heavy atom. The molecule has 110 valence electrons. The number of carbonyl (C=O) groups is 1. The summed E-state index contributed by atoms with van der Waals surface area (Å²) in [5, 5.41) is 0. The fourth-order valence-electron chi connectivity index (χ4n) is 2.22. The van der Waals surface area contributed by atoms with Gasteiger partial charge in [-0.3, -0.25) is 4.79 Å². The molecule has 2 aliphatic rings. The van der Waals surface area contributed by atoms with Crippen LogP contribution in [0.2, 0.25) is 0 Å². The fourth-order valence-corrected chi connectivity index (χ4v) is 2.22. The number of allylic oxidation sites excluding steroid dienone is 10. The molecule has 0 unspecified atom stereocenters. The predicted molar refractivity (Wildman–Crippen MR) is 88.6 cm³/mol. The molecule has 0 aromatic heterocycles. The zero-order chi connectivity index (χ0) is 14.9. The average Bonchev–Trinajstić information content (AvgIpc) is 2.52. The summed E-state index contributed by atoms with van der Waals surface area (Å²) in [4.78, 5) is 13.3. The third kappa shape index (κ3) is 5.42. The normalized spacial score (nSPS) is 16.8. The van der Waals surface area contributed by atoms with Crippen LogP contribution in [0.25, 0.3) is 0 Å². The Kier molecular flexibility index (Phi) is 6.01. The monoisotopic (exact) mass is 281 g/mol. The van der Waals surface area contributed by atoms with E-state index in [1.54, 1.807) is 12.2 Å². The molecule has 1 aliphatic heterocycles. The molecule has 0 aromatic carbocycles. The van der Waals surface area contributed by atoms with Crippen LogP contribution in [-0.4, -0.2) is 17.2 Å². The van der Waals surface area contributed by atoms with Crippen molar-refractivity contribution >= 4 is 5.78 Å². The standard InChI is InChI=1S/C19H23NO/c1-2-3-4-5-14-20-15-12-18(13-16-20)7-6-17-8-10-19(21)11-9-17/h6-13,15-16H,2-5,14H2,1H3. The molecule has 1 heterocycles. The van der Waals surface area contributed by atoms with Crippen molar-refractivity contribution in [3.8, 4) is 0 Å². The highest BCUT2D eigenvalue weighted by Crippen LogP contribution is 2.13. The van der Waals surface area contributed by atoms with Crippen molar-refractivity contribution in [1.29, 1.82) is 0 Å². The van der Waals surface area contributed by atoms with Crippen molar-refractivity contribution in [3.63, 3.8) is 0 Å². The Bertz CT molecular complexity index is 510. The highest BCUT2D eigenvalue weighted by molar-refractivity contribution is 6.01. The molecule has 0 atom stereocenters. The van der Waals surface area contributed by atoms with E-state index in [9.17, 15) is 4.79 Å². The van der Waals surface area contributed by atoms with Crippen molar-refractivity contribution in [2.45, 2.75) is 32.6 Å². The third-order valence-corrected chi connectivity index (χ3v) is 3.54. The number of carbonyl (C=O) groups excluding carboxylic acids is 1. The number of nitrogens with zero attached hydrogens (tertiary/aromatic N) is 1. The summed E-state index contributed by atoms with van der Waals surface area (Å²) in [6.45, 7) is 3.33. The molecule has 0 aromatic rings. The predicted octanol–water partition coefficient (Wildman–Crippen LogP) is 4.46. The molecule has 0 saturated heterocycles. The van der Waals surface area contributed by atoms with E-state index < -0.39 is 0 Å². The first-order valence-corrected chi connectivity index (χ1v) is 7.72. The average molecular weight is 281 g/mol. The summed E-state index contributed by atoms with van der Waals surface area (Å²) in [5.74, 6) is 0.0518. The molecule has 0 N–H and O–H groups in total. The van der Waals surface area contributed by atoms with Crippen LogP contribution in [0.15, 0.2) is 72.2 Å². The van der Waals surface area contributed by atoms with E-state index in [2.05, 4.69) is 42.5 Å². The highest BCUT2D eigenvalue weighted by atomic mass is 16.1. The molecule has 0 bridgehead atoms. The van der Waals surface area contributed by atoms with E-state index in [4.69, 9.17) is 0 Å². The second kappa shape index (κ2) is 8.25. The molecule has 0 radical (unpaired) electrons. The lowest BCUT2D eigenvalue weighted by Crippen LogP contribution is -2.13. The van der Waals surface area contributed by atoms with Gasteiger partial charge in [0.1, 0.15) is 0 Å². The van der Waals surface area contributed by atoms with Crippen LogP contribution in [0.4, 0.5) is 0 Å². The number of hydrogen-bond acceptors (Lipinski definition) is 2. The largest absolute Gasteiger partial charge is 0.354 e. The Labute approximate surface area is 127 Å². The van der Waals surface area contributed by atoms with Gasteiger partial charge in [-0.15, -0.1) is 0 Å². The number of hydrogen-bond donors (Lipinski definition) is 0. The van der Waals surface area contributed by atoms with E-state index in [-0.39, 0.29) is 5.78 Å². The van der Waals surface area contributed by atoms with Crippen LogP contribution in [-0.2, 0) is 4.79 Å². The second-order valence-electron chi connectivity index (χ2n) is 5.33. The van der Waals surface area contributed by atoms with Crippen molar-refractivity contribution in [3.05, 3.63) is 72.2 Å². The molecular formula is C19H23NO. The van der Waals surface area contributed by atoms with Gasteiger partial charge < -0.3 is 4.90 Å². The highest BCUT2D eigenvalue weighted by Gasteiger charge is 2.00. The van der Waals surface area contributed by atoms with E-state index >= 15 is 0 Å². The summed E-state index contributed by atoms with van der Waals surface area (Å²) < 4.78 is 0. The minimum Gasteiger partial charge on any atom is -0.354 e. The zero-order valence-corrected chi connectivity index (χ0v) is 12.7. The first-order chi connectivity index (χ1) is 10.3. The minimum atomic E-state index is 0.0518. The first kappa shape index (κ1) is 15.3. The van der Waals surface area contributed by atoms with Crippen LogP contribution in [0, 0.1) is 0 Å². The topological polar surface area (TPSA) is 20.3 Å². The van der Waals surface area contributed by atoms with Crippen LogP contribution >= 0.6 is 0 Å². The number of rotatable bonds is 6. The van der Waals surface area contributed by atoms with Crippen LogP contribution < -0.4 is 0 Å². The van der Waals surface area contributed by atoms with Crippen LogP contribution in [0.1, 0.15) is 32.6 Å². The van der Waals surface area contributed by atoms with Gasteiger partial charge in [0.2, 0.25) is 0 Å². The van der Waals surface area contributed by atoms with Gasteiger partial charge in [0, 0.05) is 18.9 Å². The maximum atomic E-state index is 11.0. The summed E-state index contributed by atoms with van der Waals surface area (Å²) in [6, 6.07) is 0. The molecule has 0 fully saturated rings. The molecule has 21 heavy (non-hydrogen) atoms. The molecule has 0 spiro atoms. The Hall–Kier alpha value is -2.09. The van der Waals surface area contributed by atoms with Crippen molar-refractivity contribution in [2.75, 3.05) is 6.54 Å². The van der Waals surface area contributed by atoms with Gasteiger partial charge in [-0.1, -0.05) is 50.5 Å². The summed E-state index contributed by atoms with van der Waals surface area (Å²) >= 11 is 0. The molecule has 0 amide bonds. The van der Waals surface area contributed by atoms with Gasteiger partial charge in [-0.05, 0) is 41.9 Å². The van der Waals surface area contributed by atoms with Crippen molar-refractivity contribution in [1.82, 2.24) is 4.90 Å². The van der Waals surface area contributed by atoms with Gasteiger partial charge in [-0.25, -0.2) is 0 Å². The molecule has 2 nitrogen and oxygen atoms in total. The Morgan fingerprint density at radius 2 is 1.48 bits per heavy atom. The lowest BCUT2D eigenvalue weighted by molar-refractivity contribution is -0.110. The van der Waals surface area contributed by atoms with Gasteiger partial charge in [0.15, 0.2) is 5.78 Å². The van der Waals surface area contributed by atoms with E-state index in [1.807, 2.05) is 18.2 Å². The lowest BCUT2D eigenvalue weighted by Gasteiger charge is -2.18. The molecule has 0 saturated carbocycles. The second-order valence-corrected chi connectivity index (χ2v) is 5.33. The van der Waals surface area contributed by atoms with Gasteiger partial charge in [0.05, 0.1) is 0 Å². The molecule has 1 aliphatic carbocycles. The van der Waals surface area contributed by atoms with Gasteiger partial charge in [-0.2, -0.15) is 0 Å². The van der Waals surface area contributed by atoms with E-state index in [0.717, 1.165) is 12.1 Å². The quantitative estimate of drug-likeness (QED) is 0.670. The minimum absolute atomic E-state index is 0.0518. The van der Waals surface area contributed by atoms with Crippen LogP contribution in [0.3, 0.4) is 0 Å². The lowest BCUT2D eigenvalue weighted by atomic mass is 10.1. The molecule has 2 heteroatoms. The fraction of sp³-hybridized carbons (Fsp3) is 0.316. The summed E-state index contributed by atoms with van der Waals surface area (Å²) in [7, 11) is 0. The Morgan fingerprint density at radius 1 is 0.857 bits per heavy atom. The maximum Gasteiger partial charge on any atom is 0.178 e. The maximum absolute atomic E-state index is 11.0. The first-order valence-electron chi connectivity index (χ1n) is 7.72. The number of ketones is 1. The smallest absolute Gasteiger partial charge is 0.178 e. The third-order valence-electron chi connectivity index (χ3n) is 3.54. The van der Waals surface area contributed by atoms with Crippen LogP contribution in [0.5, 0.6) is 0 Å². The van der Waals surface area contributed by atoms with E-state index in [0.29, 0.717) is 0 Å². The molecular weight excluding hydrogens is 258 g/mol. The van der Waals surface area contributed by atoms with Gasteiger partial charge in [0.25, 0.3) is 0 Å². The van der Waals surface area contributed by atoms with Gasteiger partial charge >= 0.3 is 0 Å².